The number of rotatable bonds is 5. The van der Waals surface area contributed by atoms with Crippen molar-refractivity contribution in [3.63, 3.8) is 0 Å². The van der Waals surface area contributed by atoms with Crippen molar-refractivity contribution in [2.24, 2.45) is 0 Å². The fraction of sp³-hybridized carbons (Fsp3) is 0.400. The molecule has 1 amide bonds. The molecule has 3 rings (SSSR count). The van der Waals surface area contributed by atoms with Crippen LogP contribution in [0.3, 0.4) is 0 Å². The van der Waals surface area contributed by atoms with E-state index in [1.165, 1.54) is 18.4 Å². The first-order valence-corrected chi connectivity index (χ1v) is 8.89. The average Bonchev–Trinajstić information content (AvgIpc) is 2.95. The third-order valence-corrected chi connectivity index (χ3v) is 5.10. The Labute approximate surface area is 155 Å². The molecule has 7 heteroatoms. The van der Waals surface area contributed by atoms with Gasteiger partial charge >= 0.3 is 5.97 Å². The van der Waals surface area contributed by atoms with E-state index in [0.717, 1.165) is 25.3 Å². The van der Waals surface area contributed by atoms with Gasteiger partial charge < -0.3 is 14.8 Å². The third-order valence-electron chi connectivity index (χ3n) is 5.10. The first-order valence-electron chi connectivity index (χ1n) is 8.89. The van der Waals surface area contributed by atoms with E-state index in [2.05, 4.69) is 5.32 Å². The van der Waals surface area contributed by atoms with Crippen LogP contribution in [0, 0.1) is 18.6 Å². The summed E-state index contributed by atoms with van der Waals surface area (Å²) < 4.78 is 33.1. The lowest BCUT2D eigenvalue weighted by atomic mass is 9.76. The molecule has 0 saturated heterocycles. The van der Waals surface area contributed by atoms with Gasteiger partial charge in [-0.1, -0.05) is 25.3 Å². The number of furan rings is 1. The summed E-state index contributed by atoms with van der Waals surface area (Å²) in [5.74, 6) is -2.95. The minimum atomic E-state index is -1.12. The number of carboxylic acid groups (broad SMARTS) is 1. The summed E-state index contributed by atoms with van der Waals surface area (Å²) >= 11 is 0. The van der Waals surface area contributed by atoms with E-state index >= 15 is 0 Å². The molecule has 1 aromatic carbocycles. The number of carboxylic acids is 1. The highest BCUT2D eigenvalue weighted by Gasteiger charge is 2.38. The van der Waals surface area contributed by atoms with Crippen molar-refractivity contribution < 1.29 is 27.9 Å². The van der Waals surface area contributed by atoms with Crippen LogP contribution in [0.25, 0.3) is 0 Å². The van der Waals surface area contributed by atoms with Crippen molar-refractivity contribution in [2.45, 2.75) is 51.0 Å². The van der Waals surface area contributed by atoms with Crippen LogP contribution in [-0.4, -0.2) is 17.0 Å². The average molecular weight is 377 g/mol. The van der Waals surface area contributed by atoms with E-state index in [4.69, 9.17) is 9.52 Å². The van der Waals surface area contributed by atoms with E-state index in [-0.39, 0.29) is 16.9 Å². The molecule has 0 atom stereocenters. The monoisotopic (exact) mass is 377 g/mol. The molecule has 5 nitrogen and oxygen atoms in total. The number of halogens is 2. The summed E-state index contributed by atoms with van der Waals surface area (Å²) in [6.45, 7) is 1.65. The summed E-state index contributed by atoms with van der Waals surface area (Å²) in [7, 11) is 0. The van der Waals surface area contributed by atoms with Gasteiger partial charge in [0.15, 0.2) is 0 Å². The third kappa shape index (κ3) is 3.86. The molecule has 1 fully saturated rings. The van der Waals surface area contributed by atoms with Crippen molar-refractivity contribution in [1.29, 1.82) is 0 Å². The molecule has 2 aromatic rings. The van der Waals surface area contributed by atoms with E-state index in [1.54, 1.807) is 6.92 Å². The van der Waals surface area contributed by atoms with Gasteiger partial charge in [-0.25, -0.2) is 8.78 Å². The lowest BCUT2D eigenvalue weighted by Crippen LogP contribution is -2.48. The van der Waals surface area contributed by atoms with Crippen LogP contribution >= 0.6 is 0 Å². The van der Waals surface area contributed by atoms with E-state index < -0.39 is 35.5 Å². The lowest BCUT2D eigenvalue weighted by molar-refractivity contribution is -0.136. The standard InChI is InChI=1S/C20H21F2NO4/c1-12-11-27-16(10-17(24)25)18(12)19(26)23-20(7-3-2-4-8-20)14-6-5-13(21)9-15(14)22/h5-6,9,11H,2-4,7-8,10H2,1H3,(H,23,26)(H,24,25). The van der Waals surface area contributed by atoms with Gasteiger partial charge in [0.05, 0.1) is 17.4 Å². The SMILES string of the molecule is Cc1coc(CC(=O)O)c1C(=O)NC1(c2ccc(F)cc2F)CCCCC1. The largest absolute Gasteiger partial charge is 0.481 e. The molecule has 0 spiro atoms. The first-order chi connectivity index (χ1) is 12.8. The molecule has 0 unspecified atom stereocenters. The van der Waals surface area contributed by atoms with Gasteiger partial charge in [-0.05, 0) is 25.8 Å². The first kappa shape index (κ1) is 19.1. The zero-order valence-electron chi connectivity index (χ0n) is 15.0. The number of benzene rings is 1. The second kappa shape index (κ2) is 7.50. The summed E-state index contributed by atoms with van der Waals surface area (Å²) in [4.78, 5) is 24.0. The fourth-order valence-electron chi connectivity index (χ4n) is 3.84. The van der Waals surface area contributed by atoms with Crippen LogP contribution in [0.1, 0.15) is 59.3 Å². The number of amides is 1. The molecule has 1 aromatic heterocycles. The Hall–Kier alpha value is -2.70. The number of aryl methyl sites for hydroxylation is 1. The summed E-state index contributed by atoms with van der Waals surface area (Å²) in [6, 6.07) is 3.37. The highest BCUT2D eigenvalue weighted by atomic mass is 19.1. The van der Waals surface area contributed by atoms with Crippen molar-refractivity contribution in [2.75, 3.05) is 0 Å². The van der Waals surface area contributed by atoms with E-state index in [9.17, 15) is 18.4 Å². The summed E-state index contributed by atoms with van der Waals surface area (Å²) in [5, 5.41) is 11.9. The maximum Gasteiger partial charge on any atom is 0.311 e. The highest BCUT2D eigenvalue weighted by Crippen LogP contribution is 2.39. The molecule has 1 heterocycles. The molecule has 27 heavy (non-hydrogen) atoms. The molecular weight excluding hydrogens is 356 g/mol. The quantitative estimate of drug-likeness (QED) is 0.823. The van der Waals surface area contributed by atoms with Crippen LogP contribution in [0.5, 0.6) is 0 Å². The van der Waals surface area contributed by atoms with Crippen LogP contribution in [0.2, 0.25) is 0 Å². The molecule has 1 saturated carbocycles. The Balaban J connectivity index is 1.97. The molecule has 1 aliphatic rings. The molecule has 144 valence electrons. The van der Waals surface area contributed by atoms with E-state index in [0.29, 0.717) is 18.4 Å². The van der Waals surface area contributed by atoms with Crippen molar-refractivity contribution in [1.82, 2.24) is 5.32 Å². The number of hydrogen-bond acceptors (Lipinski definition) is 3. The number of carbonyl (C=O) groups is 2. The second-order valence-corrected chi connectivity index (χ2v) is 7.01. The molecular formula is C20H21F2NO4. The van der Waals surface area contributed by atoms with Gasteiger partial charge in [-0.15, -0.1) is 0 Å². The Morgan fingerprint density at radius 1 is 1.22 bits per heavy atom. The molecule has 1 aliphatic carbocycles. The smallest absolute Gasteiger partial charge is 0.311 e. The number of aliphatic carboxylic acids is 1. The minimum absolute atomic E-state index is 0.0584. The summed E-state index contributed by atoms with van der Waals surface area (Å²) in [6.07, 6.45) is 4.51. The molecule has 2 N–H and O–H groups in total. The Kier molecular flexibility index (Phi) is 5.30. The Bertz CT molecular complexity index is 869. The zero-order valence-corrected chi connectivity index (χ0v) is 15.0. The highest BCUT2D eigenvalue weighted by molar-refractivity contribution is 5.98. The predicted molar refractivity (Wildman–Crippen MR) is 93.4 cm³/mol. The van der Waals surface area contributed by atoms with Gasteiger partial charge in [0.1, 0.15) is 23.8 Å². The lowest BCUT2D eigenvalue weighted by Gasteiger charge is -2.39. The number of carbonyl (C=O) groups excluding carboxylic acids is 1. The van der Waals surface area contributed by atoms with Crippen LogP contribution in [0.4, 0.5) is 8.78 Å². The zero-order chi connectivity index (χ0) is 19.6. The van der Waals surface area contributed by atoms with Crippen molar-refractivity contribution in [3.8, 4) is 0 Å². The van der Waals surface area contributed by atoms with Crippen LogP contribution < -0.4 is 5.32 Å². The van der Waals surface area contributed by atoms with E-state index in [1.807, 2.05) is 0 Å². The maximum absolute atomic E-state index is 14.5. The van der Waals surface area contributed by atoms with Crippen LogP contribution in [-0.2, 0) is 16.8 Å². The Morgan fingerprint density at radius 3 is 2.56 bits per heavy atom. The topological polar surface area (TPSA) is 79.5 Å². The van der Waals surface area contributed by atoms with Gasteiger partial charge in [-0.3, -0.25) is 9.59 Å². The normalized spacial score (nSPS) is 16.1. The minimum Gasteiger partial charge on any atom is -0.481 e. The maximum atomic E-state index is 14.5. The molecule has 0 bridgehead atoms. The Morgan fingerprint density at radius 2 is 1.93 bits per heavy atom. The molecule has 0 aliphatic heterocycles. The van der Waals surface area contributed by atoms with Crippen molar-refractivity contribution >= 4 is 11.9 Å². The number of hydrogen-bond donors (Lipinski definition) is 2. The van der Waals surface area contributed by atoms with Gasteiger partial charge in [0.25, 0.3) is 5.91 Å². The van der Waals surface area contributed by atoms with Crippen LogP contribution in [0.15, 0.2) is 28.9 Å². The predicted octanol–water partition coefficient (Wildman–Crippen LogP) is 4.08. The van der Waals surface area contributed by atoms with Crippen molar-refractivity contribution in [3.05, 3.63) is 58.5 Å². The van der Waals surface area contributed by atoms with Gasteiger partial charge in [-0.2, -0.15) is 0 Å². The fourth-order valence-corrected chi connectivity index (χ4v) is 3.84. The van der Waals surface area contributed by atoms with Gasteiger partial charge in [0.2, 0.25) is 0 Å². The number of nitrogens with one attached hydrogen (secondary N) is 1. The summed E-state index contributed by atoms with van der Waals surface area (Å²) in [5.41, 5.74) is -0.0471. The molecule has 0 radical (unpaired) electrons. The van der Waals surface area contributed by atoms with Gasteiger partial charge in [0, 0.05) is 17.2 Å². The second-order valence-electron chi connectivity index (χ2n) is 7.01.